The van der Waals surface area contributed by atoms with Crippen molar-refractivity contribution >= 4 is 28.2 Å². The van der Waals surface area contributed by atoms with Crippen LogP contribution in [-0.4, -0.2) is 9.38 Å². The van der Waals surface area contributed by atoms with Gasteiger partial charge in [0.2, 0.25) is 0 Å². The van der Waals surface area contributed by atoms with Gasteiger partial charge in [0, 0.05) is 6.20 Å². The first kappa shape index (κ1) is 7.83. The molecule has 0 spiro atoms. The number of benzene rings is 1. The van der Waals surface area contributed by atoms with Gasteiger partial charge >= 0.3 is 0 Å². The van der Waals surface area contributed by atoms with Crippen molar-refractivity contribution in [2.24, 2.45) is 0 Å². The standard InChI is InChI=1S/C11H7ClN2/c12-9-4-1-5-10-11(9)13-7-8-3-2-6-14(8)10/h1-7H. The van der Waals surface area contributed by atoms with Gasteiger partial charge in [0.05, 0.1) is 22.3 Å². The number of para-hydroxylation sites is 1. The van der Waals surface area contributed by atoms with E-state index in [4.69, 9.17) is 11.6 Å². The van der Waals surface area contributed by atoms with E-state index in [9.17, 15) is 0 Å². The van der Waals surface area contributed by atoms with Gasteiger partial charge in [-0.25, -0.2) is 0 Å². The Kier molecular flexibility index (Phi) is 1.52. The fourth-order valence-corrected chi connectivity index (χ4v) is 1.89. The topological polar surface area (TPSA) is 17.3 Å². The minimum absolute atomic E-state index is 0.693. The number of hydrogen-bond acceptors (Lipinski definition) is 1. The van der Waals surface area contributed by atoms with E-state index in [0.29, 0.717) is 5.02 Å². The summed E-state index contributed by atoms with van der Waals surface area (Å²) in [5.74, 6) is 0. The van der Waals surface area contributed by atoms with Crippen LogP contribution in [0.2, 0.25) is 5.02 Å². The molecular weight excluding hydrogens is 196 g/mol. The van der Waals surface area contributed by atoms with E-state index in [0.717, 1.165) is 16.6 Å². The first-order valence-corrected chi connectivity index (χ1v) is 4.74. The van der Waals surface area contributed by atoms with Crippen LogP contribution >= 0.6 is 11.6 Å². The van der Waals surface area contributed by atoms with Gasteiger partial charge in [0.25, 0.3) is 0 Å². The van der Waals surface area contributed by atoms with Crippen LogP contribution in [0, 0.1) is 0 Å². The highest BCUT2D eigenvalue weighted by Crippen LogP contribution is 2.22. The fraction of sp³-hybridized carbons (Fsp3) is 0. The number of hydrogen-bond donors (Lipinski definition) is 0. The van der Waals surface area contributed by atoms with Gasteiger partial charge < -0.3 is 4.40 Å². The quantitative estimate of drug-likeness (QED) is 0.548. The first-order chi connectivity index (χ1) is 6.86. The van der Waals surface area contributed by atoms with Crippen molar-refractivity contribution in [2.75, 3.05) is 0 Å². The van der Waals surface area contributed by atoms with Crippen molar-refractivity contribution in [3.63, 3.8) is 0 Å². The normalized spacial score (nSPS) is 11.2. The third-order valence-electron chi connectivity index (χ3n) is 2.33. The van der Waals surface area contributed by atoms with Crippen LogP contribution in [0.15, 0.2) is 42.7 Å². The monoisotopic (exact) mass is 202 g/mol. The van der Waals surface area contributed by atoms with Gasteiger partial charge in [-0.2, -0.15) is 0 Å². The van der Waals surface area contributed by atoms with E-state index < -0.39 is 0 Å². The molecule has 68 valence electrons. The Morgan fingerprint density at radius 3 is 3.00 bits per heavy atom. The van der Waals surface area contributed by atoms with Gasteiger partial charge in [-0.1, -0.05) is 17.7 Å². The Morgan fingerprint density at radius 1 is 1.14 bits per heavy atom. The molecule has 2 aromatic heterocycles. The SMILES string of the molecule is Clc1cccc2c1ncc1cccn12. The summed E-state index contributed by atoms with van der Waals surface area (Å²) >= 11 is 6.05. The van der Waals surface area contributed by atoms with Crippen LogP contribution in [-0.2, 0) is 0 Å². The average Bonchev–Trinajstić information content (AvgIpc) is 2.66. The molecule has 0 amide bonds. The Bertz CT molecular complexity index is 613. The van der Waals surface area contributed by atoms with Gasteiger partial charge in [0.1, 0.15) is 5.52 Å². The largest absolute Gasteiger partial charge is 0.313 e. The fourth-order valence-electron chi connectivity index (χ4n) is 1.68. The number of halogens is 1. The molecule has 0 N–H and O–H groups in total. The van der Waals surface area contributed by atoms with E-state index >= 15 is 0 Å². The van der Waals surface area contributed by atoms with E-state index in [1.54, 1.807) is 0 Å². The lowest BCUT2D eigenvalue weighted by Crippen LogP contribution is -1.88. The van der Waals surface area contributed by atoms with Crippen LogP contribution in [0.1, 0.15) is 0 Å². The third kappa shape index (κ3) is 0.946. The Morgan fingerprint density at radius 2 is 2.07 bits per heavy atom. The highest BCUT2D eigenvalue weighted by atomic mass is 35.5. The lowest BCUT2D eigenvalue weighted by molar-refractivity contribution is 1.23. The molecule has 2 nitrogen and oxygen atoms in total. The van der Waals surface area contributed by atoms with Gasteiger partial charge in [-0.05, 0) is 24.3 Å². The minimum atomic E-state index is 0.693. The third-order valence-corrected chi connectivity index (χ3v) is 2.64. The van der Waals surface area contributed by atoms with E-state index in [2.05, 4.69) is 9.38 Å². The zero-order valence-electron chi connectivity index (χ0n) is 7.31. The molecule has 0 saturated carbocycles. The summed E-state index contributed by atoms with van der Waals surface area (Å²) < 4.78 is 2.08. The van der Waals surface area contributed by atoms with E-state index in [1.807, 2.05) is 42.7 Å². The lowest BCUT2D eigenvalue weighted by atomic mass is 10.3. The Balaban J connectivity index is 2.64. The second kappa shape index (κ2) is 2.72. The maximum atomic E-state index is 6.05. The summed E-state index contributed by atoms with van der Waals surface area (Å²) in [7, 11) is 0. The molecule has 0 aliphatic carbocycles. The predicted molar refractivity (Wildman–Crippen MR) is 57.7 cm³/mol. The zero-order valence-corrected chi connectivity index (χ0v) is 8.07. The molecule has 0 unspecified atom stereocenters. The molecule has 0 aliphatic heterocycles. The highest BCUT2D eigenvalue weighted by Gasteiger charge is 2.02. The van der Waals surface area contributed by atoms with Crippen LogP contribution < -0.4 is 0 Å². The molecular formula is C11H7ClN2. The van der Waals surface area contributed by atoms with Gasteiger partial charge in [0.15, 0.2) is 0 Å². The first-order valence-electron chi connectivity index (χ1n) is 4.36. The number of fused-ring (bicyclic) bond motifs is 3. The molecule has 2 heterocycles. The molecule has 0 atom stereocenters. The molecule has 0 aliphatic rings. The van der Waals surface area contributed by atoms with Crippen LogP contribution in [0.4, 0.5) is 0 Å². The van der Waals surface area contributed by atoms with Crippen LogP contribution in [0.5, 0.6) is 0 Å². The van der Waals surface area contributed by atoms with Crippen LogP contribution in [0.3, 0.4) is 0 Å². The zero-order chi connectivity index (χ0) is 9.54. The van der Waals surface area contributed by atoms with Crippen molar-refractivity contribution in [1.29, 1.82) is 0 Å². The summed E-state index contributed by atoms with van der Waals surface area (Å²) in [6, 6.07) is 9.82. The Hall–Kier alpha value is -1.54. The predicted octanol–water partition coefficient (Wildman–Crippen LogP) is 3.14. The summed E-state index contributed by atoms with van der Waals surface area (Å²) in [5.41, 5.74) is 2.97. The molecule has 1 aromatic carbocycles. The highest BCUT2D eigenvalue weighted by molar-refractivity contribution is 6.34. The molecule has 0 fully saturated rings. The molecule has 0 bridgehead atoms. The smallest absolute Gasteiger partial charge is 0.106 e. The molecule has 0 saturated heterocycles. The van der Waals surface area contributed by atoms with E-state index in [-0.39, 0.29) is 0 Å². The second-order valence-corrected chi connectivity index (χ2v) is 3.58. The second-order valence-electron chi connectivity index (χ2n) is 3.17. The van der Waals surface area contributed by atoms with Crippen molar-refractivity contribution in [2.45, 2.75) is 0 Å². The van der Waals surface area contributed by atoms with Crippen molar-refractivity contribution < 1.29 is 0 Å². The van der Waals surface area contributed by atoms with Crippen molar-refractivity contribution in [1.82, 2.24) is 9.38 Å². The number of nitrogens with zero attached hydrogens (tertiary/aromatic N) is 2. The van der Waals surface area contributed by atoms with Crippen molar-refractivity contribution in [3.05, 3.63) is 47.7 Å². The Labute approximate surface area is 85.8 Å². The lowest BCUT2D eigenvalue weighted by Gasteiger charge is -2.02. The van der Waals surface area contributed by atoms with Gasteiger partial charge in [-0.15, -0.1) is 0 Å². The molecule has 14 heavy (non-hydrogen) atoms. The number of aromatic nitrogens is 2. The molecule has 3 rings (SSSR count). The minimum Gasteiger partial charge on any atom is -0.313 e. The van der Waals surface area contributed by atoms with Gasteiger partial charge in [-0.3, -0.25) is 4.98 Å². The molecule has 3 heteroatoms. The van der Waals surface area contributed by atoms with Crippen LogP contribution in [0.25, 0.3) is 16.6 Å². The summed E-state index contributed by atoms with van der Waals surface area (Å²) in [6.45, 7) is 0. The summed E-state index contributed by atoms with van der Waals surface area (Å²) in [6.07, 6.45) is 3.84. The van der Waals surface area contributed by atoms with Crippen molar-refractivity contribution in [3.8, 4) is 0 Å². The van der Waals surface area contributed by atoms with E-state index in [1.165, 1.54) is 0 Å². The molecule has 0 radical (unpaired) electrons. The number of rotatable bonds is 0. The summed E-state index contributed by atoms with van der Waals surface area (Å²) in [4.78, 5) is 4.33. The maximum Gasteiger partial charge on any atom is 0.106 e. The molecule has 3 aromatic rings. The summed E-state index contributed by atoms with van der Waals surface area (Å²) in [5, 5.41) is 0.693. The maximum absolute atomic E-state index is 6.05. The average molecular weight is 203 g/mol.